The van der Waals surface area contributed by atoms with Crippen molar-refractivity contribution < 1.29 is 17.9 Å². The Morgan fingerprint density at radius 1 is 1.38 bits per heavy atom. The lowest BCUT2D eigenvalue weighted by atomic mass is 10.1. The van der Waals surface area contributed by atoms with Gasteiger partial charge in [0.05, 0.1) is 11.6 Å². The van der Waals surface area contributed by atoms with E-state index in [2.05, 4.69) is 4.99 Å². The van der Waals surface area contributed by atoms with E-state index in [0.29, 0.717) is 18.1 Å². The highest BCUT2D eigenvalue weighted by Gasteiger charge is 2.31. The summed E-state index contributed by atoms with van der Waals surface area (Å²) in [5.41, 5.74) is -0.310. The Morgan fingerprint density at radius 3 is 2.69 bits per heavy atom. The summed E-state index contributed by atoms with van der Waals surface area (Å²) in [4.78, 5) is 4.11. The van der Waals surface area contributed by atoms with Gasteiger partial charge in [-0.15, -0.1) is 0 Å². The van der Waals surface area contributed by atoms with Gasteiger partial charge in [-0.05, 0) is 25.1 Å². The van der Waals surface area contributed by atoms with Gasteiger partial charge in [0.15, 0.2) is 0 Å². The van der Waals surface area contributed by atoms with Crippen LogP contribution in [0.1, 0.15) is 18.1 Å². The van der Waals surface area contributed by atoms with Crippen molar-refractivity contribution in [3.8, 4) is 0 Å². The zero-order valence-corrected chi connectivity index (χ0v) is 8.58. The molecule has 0 saturated carbocycles. The molecule has 0 spiro atoms. The van der Waals surface area contributed by atoms with Crippen LogP contribution in [0.3, 0.4) is 0 Å². The summed E-state index contributed by atoms with van der Waals surface area (Å²) >= 11 is 0. The summed E-state index contributed by atoms with van der Waals surface area (Å²) in [5, 5.41) is 0. The fourth-order valence-electron chi connectivity index (χ4n) is 1.46. The van der Waals surface area contributed by atoms with E-state index in [4.69, 9.17) is 4.74 Å². The summed E-state index contributed by atoms with van der Waals surface area (Å²) in [7, 11) is 0. The molecule has 1 atom stereocenters. The van der Waals surface area contributed by atoms with Gasteiger partial charge >= 0.3 is 6.18 Å². The Kier molecular flexibility index (Phi) is 2.61. The van der Waals surface area contributed by atoms with Crippen LogP contribution in [0.15, 0.2) is 29.3 Å². The number of rotatable bonds is 1. The third-order valence-corrected chi connectivity index (χ3v) is 2.24. The minimum atomic E-state index is -4.33. The number of nitrogens with zero attached hydrogens (tertiary/aromatic N) is 1. The van der Waals surface area contributed by atoms with E-state index in [9.17, 15) is 13.2 Å². The maximum atomic E-state index is 12.5. The average molecular weight is 229 g/mol. The van der Waals surface area contributed by atoms with Crippen LogP contribution in [0.2, 0.25) is 0 Å². The van der Waals surface area contributed by atoms with Crippen LogP contribution < -0.4 is 0 Å². The van der Waals surface area contributed by atoms with Crippen LogP contribution in [0.5, 0.6) is 0 Å². The van der Waals surface area contributed by atoms with Gasteiger partial charge in [-0.25, -0.2) is 4.99 Å². The third kappa shape index (κ3) is 2.18. The van der Waals surface area contributed by atoms with Gasteiger partial charge in [-0.1, -0.05) is 6.07 Å². The second kappa shape index (κ2) is 3.81. The Morgan fingerprint density at radius 2 is 2.12 bits per heavy atom. The standard InChI is InChI=1S/C11H10F3NO/c1-7-6-16-10(15-7)8-3-2-4-9(5-8)11(12,13)14/h2-5,7H,6H2,1H3/t7-/m0/s1. The van der Waals surface area contributed by atoms with Gasteiger partial charge in [-0.3, -0.25) is 0 Å². The highest BCUT2D eigenvalue weighted by Crippen LogP contribution is 2.30. The lowest BCUT2D eigenvalue weighted by Crippen LogP contribution is -2.08. The number of hydrogen-bond acceptors (Lipinski definition) is 2. The predicted octanol–water partition coefficient (Wildman–Crippen LogP) is 2.87. The van der Waals surface area contributed by atoms with E-state index in [1.165, 1.54) is 6.07 Å². The molecule has 0 N–H and O–H groups in total. The number of aliphatic imine (C=N–C) groups is 1. The monoisotopic (exact) mass is 229 g/mol. The fourth-order valence-corrected chi connectivity index (χ4v) is 1.46. The first-order valence-electron chi connectivity index (χ1n) is 4.85. The summed E-state index contributed by atoms with van der Waals surface area (Å²) < 4.78 is 42.6. The Balaban J connectivity index is 2.33. The molecule has 86 valence electrons. The molecule has 2 nitrogen and oxygen atoms in total. The van der Waals surface area contributed by atoms with E-state index in [1.54, 1.807) is 6.07 Å². The molecule has 1 aliphatic heterocycles. The van der Waals surface area contributed by atoms with Gasteiger partial charge in [0.1, 0.15) is 6.61 Å². The van der Waals surface area contributed by atoms with Crippen molar-refractivity contribution in [1.82, 2.24) is 0 Å². The van der Waals surface area contributed by atoms with Gasteiger partial charge in [0.2, 0.25) is 5.90 Å². The van der Waals surface area contributed by atoms with Crippen molar-refractivity contribution in [3.05, 3.63) is 35.4 Å². The van der Waals surface area contributed by atoms with Crippen molar-refractivity contribution in [2.75, 3.05) is 6.61 Å². The first-order valence-corrected chi connectivity index (χ1v) is 4.85. The number of ether oxygens (including phenoxy) is 1. The molecular formula is C11H10F3NO. The topological polar surface area (TPSA) is 21.6 Å². The zero-order chi connectivity index (χ0) is 11.8. The molecule has 0 bridgehead atoms. The quantitative estimate of drug-likeness (QED) is 0.725. The minimum Gasteiger partial charge on any atom is -0.475 e. The van der Waals surface area contributed by atoms with E-state index in [1.807, 2.05) is 6.92 Å². The largest absolute Gasteiger partial charge is 0.475 e. The SMILES string of the molecule is C[C@H]1COC(c2cccc(C(F)(F)F)c2)=N1. The molecule has 0 aliphatic carbocycles. The zero-order valence-electron chi connectivity index (χ0n) is 8.58. The highest BCUT2D eigenvalue weighted by molar-refractivity contribution is 5.95. The van der Waals surface area contributed by atoms with Crippen LogP contribution in [0, 0.1) is 0 Å². The van der Waals surface area contributed by atoms with Gasteiger partial charge in [0, 0.05) is 5.56 Å². The molecule has 1 aliphatic rings. The molecule has 0 radical (unpaired) electrons. The second-order valence-electron chi connectivity index (χ2n) is 3.67. The number of alkyl halides is 3. The maximum Gasteiger partial charge on any atom is 0.416 e. The highest BCUT2D eigenvalue weighted by atomic mass is 19.4. The first-order chi connectivity index (χ1) is 7.47. The summed E-state index contributed by atoms with van der Waals surface area (Å²) in [5.74, 6) is 0.290. The molecule has 0 saturated heterocycles. The van der Waals surface area contributed by atoms with Crippen LogP contribution in [-0.4, -0.2) is 18.5 Å². The molecular weight excluding hydrogens is 219 g/mol. The maximum absolute atomic E-state index is 12.5. The van der Waals surface area contributed by atoms with Crippen LogP contribution >= 0.6 is 0 Å². The fraction of sp³-hybridized carbons (Fsp3) is 0.364. The van der Waals surface area contributed by atoms with E-state index >= 15 is 0 Å². The van der Waals surface area contributed by atoms with Crippen molar-refractivity contribution in [1.29, 1.82) is 0 Å². The number of benzene rings is 1. The molecule has 1 aromatic rings. The summed E-state index contributed by atoms with van der Waals surface area (Å²) in [6.45, 7) is 2.27. The van der Waals surface area contributed by atoms with Crippen molar-refractivity contribution >= 4 is 5.90 Å². The molecule has 0 amide bonds. The molecule has 1 heterocycles. The Hall–Kier alpha value is -1.52. The van der Waals surface area contributed by atoms with Crippen molar-refractivity contribution in [3.63, 3.8) is 0 Å². The van der Waals surface area contributed by atoms with Crippen LogP contribution in [0.4, 0.5) is 13.2 Å². The van der Waals surface area contributed by atoms with Crippen molar-refractivity contribution in [2.24, 2.45) is 4.99 Å². The van der Waals surface area contributed by atoms with Crippen molar-refractivity contribution in [2.45, 2.75) is 19.1 Å². The summed E-state index contributed by atoms with van der Waals surface area (Å²) in [6.07, 6.45) is -4.33. The molecule has 0 fully saturated rings. The molecule has 1 aromatic carbocycles. The van der Waals surface area contributed by atoms with Gasteiger partial charge in [-0.2, -0.15) is 13.2 Å². The smallest absolute Gasteiger partial charge is 0.416 e. The number of halogens is 3. The molecule has 0 unspecified atom stereocenters. The molecule has 2 rings (SSSR count). The molecule has 5 heteroatoms. The average Bonchev–Trinajstić information content (AvgIpc) is 2.64. The lowest BCUT2D eigenvalue weighted by molar-refractivity contribution is -0.137. The van der Waals surface area contributed by atoms with E-state index < -0.39 is 11.7 Å². The van der Waals surface area contributed by atoms with Gasteiger partial charge < -0.3 is 4.74 Å². The molecule has 0 aromatic heterocycles. The van der Waals surface area contributed by atoms with Crippen LogP contribution in [-0.2, 0) is 10.9 Å². The third-order valence-electron chi connectivity index (χ3n) is 2.24. The van der Waals surface area contributed by atoms with Gasteiger partial charge in [0.25, 0.3) is 0 Å². The molecule has 16 heavy (non-hydrogen) atoms. The summed E-state index contributed by atoms with van der Waals surface area (Å²) in [6, 6.07) is 5.00. The minimum absolute atomic E-state index is 0.00421. The van der Waals surface area contributed by atoms with E-state index in [0.717, 1.165) is 12.1 Å². The van der Waals surface area contributed by atoms with Crippen LogP contribution in [0.25, 0.3) is 0 Å². The predicted molar refractivity (Wildman–Crippen MR) is 53.4 cm³/mol. The first kappa shape index (κ1) is 11.0. The lowest BCUT2D eigenvalue weighted by Gasteiger charge is -2.08. The van der Waals surface area contributed by atoms with E-state index in [-0.39, 0.29) is 6.04 Å². The second-order valence-corrected chi connectivity index (χ2v) is 3.67. The normalized spacial score (nSPS) is 20.5. The Bertz CT molecular complexity index is 425. The Labute approximate surface area is 90.8 Å². The number of hydrogen-bond donors (Lipinski definition) is 0.